The van der Waals surface area contributed by atoms with Crippen LogP contribution in [0.2, 0.25) is 0 Å². The molecule has 4 heteroatoms. The third-order valence-electron chi connectivity index (χ3n) is 2.65. The molecule has 1 aliphatic rings. The number of aromatic nitrogens is 2. The summed E-state index contributed by atoms with van der Waals surface area (Å²) in [4.78, 5) is 8.69. The van der Waals surface area contributed by atoms with Crippen LogP contribution < -0.4 is 10.6 Å². The summed E-state index contributed by atoms with van der Waals surface area (Å²) in [7, 11) is 0. The third-order valence-corrected chi connectivity index (χ3v) is 2.65. The van der Waals surface area contributed by atoms with Gasteiger partial charge in [0.1, 0.15) is 0 Å². The summed E-state index contributed by atoms with van der Waals surface area (Å²) in [6.07, 6.45) is 2.53. The number of nitrogens with zero attached hydrogens (tertiary/aromatic N) is 2. The third kappa shape index (κ3) is 2.89. The van der Waals surface area contributed by atoms with Crippen molar-refractivity contribution >= 4 is 5.95 Å². The quantitative estimate of drug-likeness (QED) is 0.781. The van der Waals surface area contributed by atoms with Crippen LogP contribution in [-0.2, 0) is 0 Å². The van der Waals surface area contributed by atoms with Crippen molar-refractivity contribution in [1.82, 2.24) is 15.3 Å². The Morgan fingerprint density at radius 1 is 1.40 bits per heavy atom. The molecule has 4 nitrogen and oxygen atoms in total. The Morgan fingerprint density at radius 3 is 2.73 bits per heavy atom. The van der Waals surface area contributed by atoms with Crippen LogP contribution in [-0.4, -0.2) is 29.1 Å². The Hall–Kier alpha value is -1.16. The molecule has 1 aromatic rings. The van der Waals surface area contributed by atoms with Gasteiger partial charge in [0.2, 0.25) is 5.95 Å². The zero-order valence-electron chi connectivity index (χ0n) is 9.38. The lowest BCUT2D eigenvalue weighted by molar-refractivity contribution is 0.631. The number of hydrogen-bond acceptors (Lipinski definition) is 4. The molecule has 0 unspecified atom stereocenters. The van der Waals surface area contributed by atoms with Gasteiger partial charge in [-0.15, -0.1) is 0 Å². The fourth-order valence-electron chi connectivity index (χ4n) is 1.95. The molecule has 2 N–H and O–H groups in total. The van der Waals surface area contributed by atoms with Gasteiger partial charge in [0.05, 0.1) is 0 Å². The second-order valence-corrected chi connectivity index (χ2v) is 4.15. The minimum Gasteiger partial charge on any atom is -0.353 e. The van der Waals surface area contributed by atoms with E-state index in [1.807, 2.05) is 19.9 Å². The number of hydrogen-bond donors (Lipinski definition) is 2. The highest BCUT2D eigenvalue weighted by atomic mass is 15.1. The second-order valence-electron chi connectivity index (χ2n) is 4.15. The van der Waals surface area contributed by atoms with E-state index in [2.05, 4.69) is 20.6 Å². The van der Waals surface area contributed by atoms with Gasteiger partial charge in [-0.3, -0.25) is 0 Å². The smallest absolute Gasteiger partial charge is 0.223 e. The standard InChI is InChI=1S/C11H18N4/c1-8-6-9(2)15-11(14-8)13-7-10-4-3-5-12-10/h6,10,12H,3-5,7H2,1-2H3,(H,13,14,15)/t10-/m1/s1. The molecular weight excluding hydrogens is 188 g/mol. The molecule has 1 fully saturated rings. The Bertz CT molecular complexity index is 311. The highest BCUT2D eigenvalue weighted by molar-refractivity contribution is 5.27. The monoisotopic (exact) mass is 206 g/mol. The molecule has 1 atom stereocenters. The molecule has 0 aliphatic carbocycles. The van der Waals surface area contributed by atoms with Crippen LogP contribution in [0.25, 0.3) is 0 Å². The predicted octanol–water partition coefficient (Wildman–Crippen LogP) is 1.26. The first-order valence-corrected chi connectivity index (χ1v) is 5.53. The molecule has 0 aromatic carbocycles. The molecule has 0 radical (unpaired) electrons. The molecular formula is C11H18N4. The number of nitrogens with one attached hydrogen (secondary N) is 2. The summed E-state index contributed by atoms with van der Waals surface area (Å²) < 4.78 is 0. The van der Waals surface area contributed by atoms with Crippen LogP contribution in [0, 0.1) is 13.8 Å². The summed E-state index contributed by atoms with van der Waals surface area (Å²) in [5.41, 5.74) is 2.04. The van der Waals surface area contributed by atoms with E-state index in [1.165, 1.54) is 12.8 Å². The first kappa shape index (κ1) is 10.4. The van der Waals surface area contributed by atoms with E-state index < -0.39 is 0 Å². The maximum Gasteiger partial charge on any atom is 0.223 e. The van der Waals surface area contributed by atoms with Crippen molar-refractivity contribution in [2.75, 3.05) is 18.4 Å². The highest BCUT2D eigenvalue weighted by Crippen LogP contribution is 2.07. The van der Waals surface area contributed by atoms with Crippen molar-refractivity contribution in [2.45, 2.75) is 32.7 Å². The first-order valence-electron chi connectivity index (χ1n) is 5.53. The van der Waals surface area contributed by atoms with E-state index in [-0.39, 0.29) is 0 Å². The summed E-state index contributed by atoms with van der Waals surface area (Å²) in [6.45, 7) is 6.05. The molecule has 0 bridgehead atoms. The van der Waals surface area contributed by atoms with Crippen LogP contribution in [0.15, 0.2) is 6.07 Å². The van der Waals surface area contributed by atoms with Gasteiger partial charge in [0.15, 0.2) is 0 Å². The van der Waals surface area contributed by atoms with Crippen molar-refractivity contribution in [3.63, 3.8) is 0 Å². The van der Waals surface area contributed by atoms with Crippen LogP contribution in [0.3, 0.4) is 0 Å². The maximum absolute atomic E-state index is 4.34. The molecule has 15 heavy (non-hydrogen) atoms. The first-order chi connectivity index (χ1) is 7.24. The van der Waals surface area contributed by atoms with Gasteiger partial charge < -0.3 is 10.6 Å². The number of aryl methyl sites for hydroxylation is 2. The van der Waals surface area contributed by atoms with Crippen molar-refractivity contribution in [3.05, 3.63) is 17.5 Å². The van der Waals surface area contributed by atoms with Crippen molar-refractivity contribution in [2.24, 2.45) is 0 Å². The van der Waals surface area contributed by atoms with E-state index in [0.29, 0.717) is 6.04 Å². The van der Waals surface area contributed by atoms with Gasteiger partial charge in [-0.25, -0.2) is 9.97 Å². The molecule has 1 aromatic heterocycles. The molecule has 2 heterocycles. The van der Waals surface area contributed by atoms with Gasteiger partial charge in [-0.1, -0.05) is 0 Å². The average molecular weight is 206 g/mol. The SMILES string of the molecule is Cc1cc(C)nc(NC[C@H]2CCCN2)n1. The molecule has 0 saturated carbocycles. The van der Waals surface area contributed by atoms with Gasteiger partial charge in [-0.05, 0) is 39.3 Å². The van der Waals surface area contributed by atoms with Crippen molar-refractivity contribution in [1.29, 1.82) is 0 Å². The van der Waals surface area contributed by atoms with Crippen molar-refractivity contribution in [3.8, 4) is 0 Å². The Balaban J connectivity index is 1.92. The lowest BCUT2D eigenvalue weighted by Gasteiger charge is -2.11. The largest absolute Gasteiger partial charge is 0.353 e. The molecule has 1 aliphatic heterocycles. The summed E-state index contributed by atoms with van der Waals surface area (Å²) in [6, 6.07) is 2.56. The van der Waals surface area contributed by atoms with Gasteiger partial charge in [0.25, 0.3) is 0 Å². The normalized spacial score (nSPS) is 20.5. The van der Waals surface area contributed by atoms with E-state index >= 15 is 0 Å². The van der Waals surface area contributed by atoms with Crippen LogP contribution in [0.1, 0.15) is 24.2 Å². The summed E-state index contributed by atoms with van der Waals surface area (Å²) >= 11 is 0. The molecule has 1 saturated heterocycles. The lowest BCUT2D eigenvalue weighted by atomic mass is 10.2. The van der Waals surface area contributed by atoms with Gasteiger partial charge >= 0.3 is 0 Å². The highest BCUT2D eigenvalue weighted by Gasteiger charge is 2.13. The minimum absolute atomic E-state index is 0.578. The second kappa shape index (κ2) is 4.57. The van der Waals surface area contributed by atoms with E-state index in [0.717, 1.165) is 30.4 Å². The minimum atomic E-state index is 0.578. The van der Waals surface area contributed by atoms with Crippen LogP contribution >= 0.6 is 0 Å². The van der Waals surface area contributed by atoms with E-state index in [1.54, 1.807) is 0 Å². The summed E-state index contributed by atoms with van der Waals surface area (Å²) in [5, 5.41) is 6.72. The Kier molecular flexibility index (Phi) is 3.16. The molecule has 0 spiro atoms. The number of anilines is 1. The lowest BCUT2D eigenvalue weighted by Crippen LogP contribution is -2.29. The van der Waals surface area contributed by atoms with Crippen LogP contribution in [0.4, 0.5) is 5.95 Å². The predicted molar refractivity (Wildman–Crippen MR) is 61.0 cm³/mol. The molecule has 0 amide bonds. The Labute approximate surface area is 90.5 Å². The molecule has 82 valence electrons. The van der Waals surface area contributed by atoms with E-state index in [9.17, 15) is 0 Å². The fraction of sp³-hybridized carbons (Fsp3) is 0.636. The van der Waals surface area contributed by atoms with Gasteiger partial charge in [-0.2, -0.15) is 0 Å². The zero-order chi connectivity index (χ0) is 10.7. The van der Waals surface area contributed by atoms with Gasteiger partial charge in [0, 0.05) is 24.0 Å². The fourth-order valence-corrected chi connectivity index (χ4v) is 1.95. The molecule has 2 rings (SSSR count). The van der Waals surface area contributed by atoms with E-state index in [4.69, 9.17) is 0 Å². The summed E-state index contributed by atoms with van der Waals surface area (Å²) in [5.74, 6) is 0.751. The maximum atomic E-state index is 4.34. The zero-order valence-corrected chi connectivity index (χ0v) is 9.38. The average Bonchev–Trinajstić information content (AvgIpc) is 2.65. The topological polar surface area (TPSA) is 49.8 Å². The van der Waals surface area contributed by atoms with Crippen molar-refractivity contribution < 1.29 is 0 Å². The number of rotatable bonds is 3. The Morgan fingerprint density at radius 2 is 2.13 bits per heavy atom. The van der Waals surface area contributed by atoms with Crippen LogP contribution in [0.5, 0.6) is 0 Å².